The SMILES string of the molecule is c1ccc2cc3c(NNc4cccc5cc6ccccc6cc45)cccc3cc2c1. The summed E-state index contributed by atoms with van der Waals surface area (Å²) in [7, 11) is 0. The van der Waals surface area contributed by atoms with Crippen molar-refractivity contribution in [1.29, 1.82) is 0 Å². The standard InChI is InChI=1S/C28H20N2/c1-3-9-21-17-25-23(15-19(21)7-1)11-5-13-27(25)29-30-28-14-6-12-24-16-20-8-2-4-10-22(20)18-26(24)28/h1-18,29-30H. The van der Waals surface area contributed by atoms with E-state index in [0.29, 0.717) is 0 Å². The van der Waals surface area contributed by atoms with Gasteiger partial charge in [0.1, 0.15) is 0 Å². The van der Waals surface area contributed by atoms with Crippen molar-refractivity contribution < 1.29 is 0 Å². The van der Waals surface area contributed by atoms with Crippen LogP contribution in [0, 0.1) is 0 Å². The van der Waals surface area contributed by atoms with E-state index in [0.717, 1.165) is 11.4 Å². The molecule has 0 aliphatic carbocycles. The lowest BCUT2D eigenvalue weighted by molar-refractivity contribution is 1.45. The van der Waals surface area contributed by atoms with Crippen molar-refractivity contribution >= 4 is 54.5 Å². The highest BCUT2D eigenvalue weighted by Crippen LogP contribution is 2.31. The molecule has 0 aliphatic rings. The highest BCUT2D eigenvalue weighted by atomic mass is 15.4. The van der Waals surface area contributed by atoms with Gasteiger partial charge in [-0.2, -0.15) is 0 Å². The van der Waals surface area contributed by atoms with Gasteiger partial charge >= 0.3 is 0 Å². The van der Waals surface area contributed by atoms with Crippen molar-refractivity contribution in [3.05, 3.63) is 109 Å². The second-order valence-corrected chi connectivity index (χ2v) is 7.70. The van der Waals surface area contributed by atoms with E-state index in [4.69, 9.17) is 0 Å². The van der Waals surface area contributed by atoms with Gasteiger partial charge in [0.25, 0.3) is 0 Å². The van der Waals surface area contributed by atoms with Gasteiger partial charge < -0.3 is 10.9 Å². The molecule has 0 amide bonds. The van der Waals surface area contributed by atoms with Crippen LogP contribution in [0.3, 0.4) is 0 Å². The first-order valence-electron chi connectivity index (χ1n) is 10.2. The van der Waals surface area contributed by atoms with Crippen LogP contribution in [0.2, 0.25) is 0 Å². The lowest BCUT2D eigenvalue weighted by Gasteiger charge is -2.15. The molecule has 142 valence electrons. The van der Waals surface area contributed by atoms with Gasteiger partial charge in [0.15, 0.2) is 0 Å². The highest BCUT2D eigenvalue weighted by molar-refractivity contribution is 6.06. The molecule has 6 aromatic carbocycles. The highest BCUT2D eigenvalue weighted by Gasteiger charge is 2.06. The summed E-state index contributed by atoms with van der Waals surface area (Å²) in [4.78, 5) is 0. The average molecular weight is 384 g/mol. The van der Waals surface area contributed by atoms with Crippen molar-refractivity contribution in [2.45, 2.75) is 0 Å². The molecule has 0 saturated heterocycles. The van der Waals surface area contributed by atoms with E-state index >= 15 is 0 Å². The minimum Gasteiger partial charge on any atom is -0.300 e. The summed E-state index contributed by atoms with van der Waals surface area (Å²) >= 11 is 0. The van der Waals surface area contributed by atoms with Crippen LogP contribution in [-0.2, 0) is 0 Å². The van der Waals surface area contributed by atoms with Crippen LogP contribution in [0.4, 0.5) is 11.4 Å². The normalized spacial score (nSPS) is 11.3. The third-order valence-electron chi connectivity index (χ3n) is 5.83. The Hall–Kier alpha value is -4.04. The molecule has 6 rings (SSSR count). The van der Waals surface area contributed by atoms with E-state index in [1.165, 1.54) is 43.1 Å². The Labute approximate surface area is 174 Å². The fourth-order valence-electron chi connectivity index (χ4n) is 4.29. The van der Waals surface area contributed by atoms with Crippen molar-refractivity contribution in [3.63, 3.8) is 0 Å². The van der Waals surface area contributed by atoms with E-state index in [9.17, 15) is 0 Å². The topological polar surface area (TPSA) is 24.1 Å². The van der Waals surface area contributed by atoms with Gasteiger partial charge in [-0.1, -0.05) is 72.8 Å². The molecule has 2 N–H and O–H groups in total. The van der Waals surface area contributed by atoms with E-state index in [2.05, 4.69) is 120 Å². The molecule has 0 atom stereocenters. The Morgan fingerprint density at radius 2 is 0.700 bits per heavy atom. The Morgan fingerprint density at radius 1 is 0.333 bits per heavy atom. The van der Waals surface area contributed by atoms with Crippen LogP contribution in [0.25, 0.3) is 43.1 Å². The smallest absolute Gasteiger partial charge is 0.0618 e. The zero-order valence-corrected chi connectivity index (χ0v) is 16.4. The summed E-state index contributed by atoms with van der Waals surface area (Å²) in [6.07, 6.45) is 0. The number of hydrogen-bond donors (Lipinski definition) is 2. The van der Waals surface area contributed by atoms with E-state index in [-0.39, 0.29) is 0 Å². The molecule has 0 radical (unpaired) electrons. The summed E-state index contributed by atoms with van der Waals surface area (Å²) in [6, 6.07) is 38.7. The Bertz CT molecular complexity index is 1430. The molecule has 0 bridgehead atoms. The summed E-state index contributed by atoms with van der Waals surface area (Å²) in [5.74, 6) is 0. The number of rotatable bonds is 3. The number of benzene rings is 6. The second-order valence-electron chi connectivity index (χ2n) is 7.70. The Balaban J connectivity index is 1.42. The van der Waals surface area contributed by atoms with Gasteiger partial charge in [0, 0.05) is 10.8 Å². The number of fused-ring (bicyclic) bond motifs is 4. The summed E-state index contributed by atoms with van der Waals surface area (Å²) in [6.45, 7) is 0. The van der Waals surface area contributed by atoms with Gasteiger partial charge in [-0.15, -0.1) is 0 Å². The average Bonchev–Trinajstić information content (AvgIpc) is 2.80. The zero-order chi connectivity index (χ0) is 19.9. The molecule has 0 spiro atoms. The zero-order valence-electron chi connectivity index (χ0n) is 16.4. The fourth-order valence-corrected chi connectivity index (χ4v) is 4.29. The number of hydrogen-bond acceptors (Lipinski definition) is 2. The van der Waals surface area contributed by atoms with Gasteiger partial charge in [-0.25, -0.2) is 0 Å². The molecule has 0 unspecified atom stereocenters. The molecular formula is C28H20N2. The molecular weight excluding hydrogens is 364 g/mol. The first-order chi connectivity index (χ1) is 14.8. The maximum absolute atomic E-state index is 3.46. The van der Waals surface area contributed by atoms with E-state index < -0.39 is 0 Å². The molecule has 0 aromatic heterocycles. The fraction of sp³-hybridized carbons (Fsp3) is 0. The van der Waals surface area contributed by atoms with E-state index in [1.54, 1.807) is 0 Å². The van der Waals surface area contributed by atoms with Gasteiger partial charge in [-0.3, -0.25) is 0 Å². The van der Waals surface area contributed by atoms with E-state index in [1.807, 2.05) is 0 Å². The molecule has 0 aliphatic heterocycles. The maximum Gasteiger partial charge on any atom is 0.0618 e. The van der Waals surface area contributed by atoms with Crippen molar-refractivity contribution in [2.75, 3.05) is 10.9 Å². The summed E-state index contributed by atoms with van der Waals surface area (Å²) < 4.78 is 0. The van der Waals surface area contributed by atoms with Gasteiger partial charge in [-0.05, 0) is 68.7 Å². The number of hydrazine groups is 1. The molecule has 2 heteroatoms. The van der Waals surface area contributed by atoms with Crippen LogP contribution in [0.5, 0.6) is 0 Å². The number of anilines is 2. The van der Waals surface area contributed by atoms with Crippen molar-refractivity contribution in [2.24, 2.45) is 0 Å². The summed E-state index contributed by atoms with van der Waals surface area (Å²) in [5.41, 5.74) is 9.05. The second kappa shape index (κ2) is 6.78. The van der Waals surface area contributed by atoms with Gasteiger partial charge in [0.05, 0.1) is 11.4 Å². The van der Waals surface area contributed by atoms with Crippen LogP contribution >= 0.6 is 0 Å². The lowest BCUT2D eigenvalue weighted by atomic mass is 10.0. The molecule has 2 nitrogen and oxygen atoms in total. The molecule has 0 heterocycles. The lowest BCUT2D eigenvalue weighted by Crippen LogP contribution is -2.09. The molecule has 0 fully saturated rings. The monoisotopic (exact) mass is 384 g/mol. The first kappa shape index (κ1) is 16.9. The minimum atomic E-state index is 1.07. The third kappa shape index (κ3) is 2.82. The van der Waals surface area contributed by atoms with Crippen molar-refractivity contribution in [1.82, 2.24) is 0 Å². The van der Waals surface area contributed by atoms with Crippen LogP contribution in [-0.4, -0.2) is 0 Å². The van der Waals surface area contributed by atoms with Gasteiger partial charge in [0.2, 0.25) is 0 Å². The molecule has 0 saturated carbocycles. The largest absolute Gasteiger partial charge is 0.300 e. The molecule has 6 aromatic rings. The Morgan fingerprint density at radius 3 is 1.13 bits per heavy atom. The third-order valence-corrected chi connectivity index (χ3v) is 5.83. The predicted octanol–water partition coefficient (Wildman–Crippen LogP) is 7.74. The minimum absolute atomic E-state index is 1.07. The number of nitrogens with one attached hydrogen (secondary N) is 2. The Kier molecular flexibility index (Phi) is 3.82. The van der Waals surface area contributed by atoms with Crippen molar-refractivity contribution in [3.8, 4) is 0 Å². The maximum atomic E-state index is 3.46. The summed E-state index contributed by atoms with van der Waals surface area (Å²) in [5, 5.41) is 9.87. The van der Waals surface area contributed by atoms with Crippen LogP contribution in [0.1, 0.15) is 0 Å². The van der Waals surface area contributed by atoms with Crippen LogP contribution < -0.4 is 10.9 Å². The quantitative estimate of drug-likeness (QED) is 0.241. The predicted molar refractivity (Wildman–Crippen MR) is 130 cm³/mol. The first-order valence-corrected chi connectivity index (χ1v) is 10.2. The molecule has 30 heavy (non-hydrogen) atoms. The van der Waals surface area contributed by atoms with Crippen LogP contribution in [0.15, 0.2) is 109 Å².